The molecule has 0 aromatic carbocycles. The number of piperidine rings is 2. The molecule has 2 N–H and O–H groups in total. The van der Waals surface area contributed by atoms with Crippen LogP contribution in [0.5, 0.6) is 0 Å². The molecule has 170 valence electrons. The summed E-state index contributed by atoms with van der Waals surface area (Å²) in [5, 5.41) is 7.16. The van der Waals surface area contributed by atoms with E-state index in [0.717, 1.165) is 31.6 Å². The first-order chi connectivity index (χ1) is 13.8. The molecule has 3 fully saturated rings. The lowest BCUT2D eigenvalue weighted by Crippen LogP contribution is -2.49. The van der Waals surface area contributed by atoms with Gasteiger partial charge < -0.3 is 25.2 Å². The summed E-state index contributed by atoms with van der Waals surface area (Å²) in [5.41, 5.74) is 0. The van der Waals surface area contributed by atoms with Crippen molar-refractivity contribution in [2.75, 3.05) is 66.1 Å². The van der Waals surface area contributed by atoms with Gasteiger partial charge in [0.25, 0.3) is 0 Å². The van der Waals surface area contributed by atoms with Gasteiger partial charge in [-0.05, 0) is 70.5 Å². The molecule has 29 heavy (non-hydrogen) atoms. The van der Waals surface area contributed by atoms with E-state index in [9.17, 15) is 0 Å². The van der Waals surface area contributed by atoms with E-state index in [0.29, 0.717) is 6.04 Å². The quantitative estimate of drug-likeness (QED) is 0.212. The number of unbranched alkanes of at least 4 members (excludes halogenated alkanes) is 2. The van der Waals surface area contributed by atoms with E-state index < -0.39 is 0 Å². The Morgan fingerprint density at radius 3 is 2.45 bits per heavy atom. The van der Waals surface area contributed by atoms with Crippen LogP contribution in [0.2, 0.25) is 0 Å². The van der Waals surface area contributed by atoms with Crippen molar-refractivity contribution in [1.82, 2.24) is 20.4 Å². The lowest BCUT2D eigenvalue weighted by molar-refractivity contribution is 0.150. The van der Waals surface area contributed by atoms with E-state index in [1.54, 1.807) is 0 Å². The molecule has 0 bridgehead atoms. The first-order valence-electron chi connectivity index (χ1n) is 11.8. The van der Waals surface area contributed by atoms with Crippen LogP contribution in [0.3, 0.4) is 0 Å². The molecule has 0 aromatic rings. The Balaban J connectivity index is 0.00000300. The molecule has 0 amide bonds. The van der Waals surface area contributed by atoms with Crippen LogP contribution in [-0.2, 0) is 4.74 Å². The minimum Gasteiger partial charge on any atom is -0.381 e. The van der Waals surface area contributed by atoms with Crippen molar-refractivity contribution in [1.29, 1.82) is 0 Å². The molecule has 0 radical (unpaired) electrons. The smallest absolute Gasteiger partial charge is 0.191 e. The maximum Gasteiger partial charge on any atom is 0.191 e. The highest BCUT2D eigenvalue weighted by Gasteiger charge is 2.24. The lowest BCUT2D eigenvalue weighted by Gasteiger charge is -2.34. The van der Waals surface area contributed by atoms with Gasteiger partial charge in [-0.25, -0.2) is 0 Å². The zero-order valence-electron chi connectivity index (χ0n) is 18.5. The summed E-state index contributed by atoms with van der Waals surface area (Å²) in [6.45, 7) is 10.5. The number of hydrogen-bond donors (Lipinski definition) is 2. The molecule has 3 saturated heterocycles. The van der Waals surface area contributed by atoms with Crippen molar-refractivity contribution < 1.29 is 4.74 Å². The second kappa shape index (κ2) is 14.8. The maximum atomic E-state index is 5.51. The number of guanidine groups is 1. The molecule has 1 atom stereocenters. The Labute approximate surface area is 195 Å². The van der Waals surface area contributed by atoms with Crippen LogP contribution >= 0.6 is 24.0 Å². The number of likely N-dealkylation sites (tertiary alicyclic amines) is 2. The summed E-state index contributed by atoms with van der Waals surface area (Å²) in [7, 11) is 1.89. The molecule has 3 rings (SSSR count). The van der Waals surface area contributed by atoms with Crippen molar-refractivity contribution in [2.45, 2.75) is 63.8 Å². The predicted octanol–water partition coefficient (Wildman–Crippen LogP) is 2.93. The highest BCUT2D eigenvalue weighted by Crippen LogP contribution is 2.17. The molecule has 3 aliphatic rings. The third-order valence-electron chi connectivity index (χ3n) is 6.58. The SMILES string of the molecule is CN=C(NCCCCCN1CCCCC1)NC1CCN(CC2CCOC2)CC1.I. The average molecular weight is 522 g/mol. The maximum absolute atomic E-state index is 5.51. The molecule has 0 aromatic heterocycles. The summed E-state index contributed by atoms with van der Waals surface area (Å²) in [4.78, 5) is 9.70. The second-order valence-electron chi connectivity index (χ2n) is 8.91. The van der Waals surface area contributed by atoms with E-state index >= 15 is 0 Å². The highest BCUT2D eigenvalue weighted by atomic mass is 127. The molecular formula is C22H44IN5O. The number of halogens is 1. The Morgan fingerprint density at radius 1 is 0.966 bits per heavy atom. The fourth-order valence-electron chi connectivity index (χ4n) is 4.77. The number of rotatable bonds is 9. The number of hydrogen-bond acceptors (Lipinski definition) is 4. The topological polar surface area (TPSA) is 52.1 Å². The van der Waals surface area contributed by atoms with Gasteiger partial charge >= 0.3 is 0 Å². The van der Waals surface area contributed by atoms with E-state index in [1.165, 1.54) is 97.1 Å². The highest BCUT2D eigenvalue weighted by molar-refractivity contribution is 14.0. The molecular weight excluding hydrogens is 477 g/mol. The summed E-state index contributed by atoms with van der Waals surface area (Å²) >= 11 is 0. The number of ether oxygens (including phenoxy) is 1. The minimum atomic E-state index is 0. The third kappa shape index (κ3) is 9.70. The van der Waals surface area contributed by atoms with Crippen LogP contribution in [0, 0.1) is 5.92 Å². The number of nitrogens with zero attached hydrogens (tertiary/aromatic N) is 3. The largest absolute Gasteiger partial charge is 0.381 e. The van der Waals surface area contributed by atoms with Gasteiger partial charge in [0.2, 0.25) is 0 Å². The van der Waals surface area contributed by atoms with Crippen LogP contribution < -0.4 is 10.6 Å². The normalized spacial score (nSPS) is 25.0. The molecule has 0 aliphatic carbocycles. The fraction of sp³-hybridized carbons (Fsp3) is 0.955. The summed E-state index contributed by atoms with van der Waals surface area (Å²) in [6, 6.07) is 0.557. The van der Waals surface area contributed by atoms with Crippen molar-refractivity contribution in [3.63, 3.8) is 0 Å². The van der Waals surface area contributed by atoms with E-state index in [4.69, 9.17) is 4.74 Å². The molecule has 0 saturated carbocycles. The van der Waals surface area contributed by atoms with Crippen LogP contribution in [0.15, 0.2) is 4.99 Å². The second-order valence-corrected chi connectivity index (χ2v) is 8.91. The van der Waals surface area contributed by atoms with Crippen molar-refractivity contribution in [3.8, 4) is 0 Å². The molecule has 0 spiro atoms. The molecule has 3 heterocycles. The predicted molar refractivity (Wildman–Crippen MR) is 132 cm³/mol. The number of aliphatic imine (C=N–C) groups is 1. The average Bonchev–Trinajstić information content (AvgIpc) is 3.25. The Bertz CT molecular complexity index is 444. The first kappa shape index (κ1) is 25.1. The van der Waals surface area contributed by atoms with E-state index in [-0.39, 0.29) is 24.0 Å². The molecule has 6 nitrogen and oxygen atoms in total. The van der Waals surface area contributed by atoms with Gasteiger partial charge in [0, 0.05) is 45.9 Å². The molecule has 1 unspecified atom stereocenters. The standard InChI is InChI=1S/C22H43N5O.HI/c1-23-22(24-11-4-2-5-12-26-13-6-3-7-14-26)25-21-8-15-27(16-9-21)18-20-10-17-28-19-20;/h20-21H,2-19H2,1H3,(H2,23,24,25);1H. The van der Waals surface area contributed by atoms with Crippen LogP contribution in [0.1, 0.15) is 57.8 Å². The Hall–Kier alpha value is -0.120. The van der Waals surface area contributed by atoms with Crippen LogP contribution in [-0.4, -0.2) is 87.9 Å². The van der Waals surface area contributed by atoms with Crippen molar-refractivity contribution in [2.24, 2.45) is 10.9 Å². The van der Waals surface area contributed by atoms with Crippen molar-refractivity contribution >= 4 is 29.9 Å². The monoisotopic (exact) mass is 521 g/mol. The van der Waals surface area contributed by atoms with Gasteiger partial charge in [0.15, 0.2) is 5.96 Å². The summed E-state index contributed by atoms with van der Waals surface area (Å²) < 4.78 is 5.51. The Morgan fingerprint density at radius 2 is 1.76 bits per heavy atom. The summed E-state index contributed by atoms with van der Waals surface area (Å²) in [6.07, 6.45) is 11.8. The zero-order chi connectivity index (χ0) is 19.4. The van der Waals surface area contributed by atoms with E-state index in [2.05, 4.69) is 25.4 Å². The molecule has 3 aliphatic heterocycles. The Kier molecular flexibility index (Phi) is 12.8. The fourth-order valence-corrected chi connectivity index (χ4v) is 4.77. The van der Waals surface area contributed by atoms with Crippen LogP contribution in [0.4, 0.5) is 0 Å². The lowest BCUT2D eigenvalue weighted by atomic mass is 10.0. The van der Waals surface area contributed by atoms with Gasteiger partial charge in [0.1, 0.15) is 0 Å². The van der Waals surface area contributed by atoms with E-state index in [1.807, 2.05) is 7.05 Å². The first-order valence-corrected chi connectivity index (χ1v) is 11.8. The number of nitrogens with one attached hydrogen (secondary N) is 2. The third-order valence-corrected chi connectivity index (χ3v) is 6.58. The van der Waals surface area contributed by atoms with Gasteiger partial charge in [-0.15, -0.1) is 24.0 Å². The summed E-state index contributed by atoms with van der Waals surface area (Å²) in [5.74, 6) is 1.74. The van der Waals surface area contributed by atoms with Crippen molar-refractivity contribution in [3.05, 3.63) is 0 Å². The van der Waals surface area contributed by atoms with Gasteiger partial charge in [0.05, 0.1) is 6.61 Å². The van der Waals surface area contributed by atoms with Gasteiger partial charge in [-0.3, -0.25) is 4.99 Å². The van der Waals surface area contributed by atoms with Gasteiger partial charge in [-0.2, -0.15) is 0 Å². The zero-order valence-corrected chi connectivity index (χ0v) is 20.9. The van der Waals surface area contributed by atoms with Crippen LogP contribution in [0.25, 0.3) is 0 Å². The molecule has 7 heteroatoms. The minimum absolute atomic E-state index is 0. The van der Waals surface area contributed by atoms with Gasteiger partial charge in [-0.1, -0.05) is 12.8 Å².